The van der Waals surface area contributed by atoms with Gasteiger partial charge >= 0.3 is 18.0 Å². The Hall–Kier alpha value is -1.83. The van der Waals surface area contributed by atoms with E-state index < -0.39 is 35.6 Å². The van der Waals surface area contributed by atoms with Crippen LogP contribution in [0.25, 0.3) is 0 Å². The molecule has 1 amide bonds. The third-order valence-electron chi connectivity index (χ3n) is 2.57. The molecule has 8 heteroatoms. The molecule has 0 fully saturated rings. The van der Waals surface area contributed by atoms with Gasteiger partial charge in [-0.15, -0.1) is 0 Å². The molecule has 4 N–H and O–H groups in total. The molecule has 21 heavy (non-hydrogen) atoms. The lowest BCUT2D eigenvalue weighted by atomic mass is 9.95. The highest BCUT2D eigenvalue weighted by atomic mass is 16.6. The molecule has 2 atom stereocenters. The summed E-state index contributed by atoms with van der Waals surface area (Å²) in [6, 6.07) is -1.36. The molecule has 0 radical (unpaired) electrons. The van der Waals surface area contributed by atoms with E-state index in [-0.39, 0.29) is 25.9 Å². The molecule has 122 valence electrons. The largest absolute Gasteiger partial charge is 0.481 e. The number of carbonyl (C=O) groups is 3. The molecule has 0 aromatic carbocycles. The number of hydrogen-bond acceptors (Lipinski definition) is 5. The Morgan fingerprint density at radius 1 is 1.14 bits per heavy atom. The van der Waals surface area contributed by atoms with E-state index in [1.807, 2.05) is 0 Å². The second kappa shape index (κ2) is 8.46. The van der Waals surface area contributed by atoms with Crippen LogP contribution in [0, 0.1) is 5.92 Å². The van der Waals surface area contributed by atoms with E-state index in [4.69, 9.17) is 20.1 Å². The second-order valence-corrected chi connectivity index (χ2v) is 5.67. The molecule has 0 aromatic rings. The topological polar surface area (TPSA) is 133 Å². The first-order valence-corrected chi connectivity index (χ1v) is 6.62. The van der Waals surface area contributed by atoms with Crippen LogP contribution >= 0.6 is 0 Å². The quantitative estimate of drug-likeness (QED) is 0.522. The Labute approximate surface area is 123 Å². The van der Waals surface area contributed by atoms with E-state index in [1.54, 1.807) is 20.8 Å². The van der Waals surface area contributed by atoms with Crippen LogP contribution in [0.15, 0.2) is 0 Å². The van der Waals surface area contributed by atoms with Crippen molar-refractivity contribution in [1.29, 1.82) is 0 Å². The molecule has 0 saturated heterocycles. The van der Waals surface area contributed by atoms with E-state index >= 15 is 0 Å². The van der Waals surface area contributed by atoms with E-state index in [2.05, 4.69) is 5.32 Å². The summed E-state index contributed by atoms with van der Waals surface area (Å²) in [5, 5.41) is 29.0. The smallest absolute Gasteiger partial charge is 0.408 e. The van der Waals surface area contributed by atoms with Crippen molar-refractivity contribution in [3.63, 3.8) is 0 Å². The van der Waals surface area contributed by atoms with Crippen molar-refractivity contribution in [3.8, 4) is 0 Å². The number of aliphatic carboxylic acids is 2. The number of hydrogen-bond donors (Lipinski definition) is 4. The summed E-state index contributed by atoms with van der Waals surface area (Å²) in [6.07, 6.45) is -0.813. The number of alkyl carbamates (subject to hydrolysis) is 1. The summed E-state index contributed by atoms with van der Waals surface area (Å²) in [7, 11) is 0. The van der Waals surface area contributed by atoms with Gasteiger partial charge in [-0.1, -0.05) is 0 Å². The number of carbonyl (C=O) groups excluding carboxylic acids is 1. The zero-order valence-corrected chi connectivity index (χ0v) is 12.5. The minimum absolute atomic E-state index is 0.131. The summed E-state index contributed by atoms with van der Waals surface area (Å²) >= 11 is 0. The van der Waals surface area contributed by atoms with Crippen LogP contribution < -0.4 is 5.32 Å². The molecule has 0 aliphatic rings. The van der Waals surface area contributed by atoms with Crippen molar-refractivity contribution in [2.75, 3.05) is 6.61 Å². The predicted octanol–water partition coefficient (Wildman–Crippen LogP) is 0.828. The molecule has 0 rings (SSSR count). The highest BCUT2D eigenvalue weighted by molar-refractivity contribution is 5.81. The number of ether oxygens (including phenoxy) is 1. The lowest BCUT2D eigenvalue weighted by Gasteiger charge is -2.23. The Morgan fingerprint density at radius 2 is 1.71 bits per heavy atom. The van der Waals surface area contributed by atoms with E-state index in [9.17, 15) is 14.4 Å². The standard InChI is InChI=1S/C13H23NO7/c1-13(2,3)21-12(20)14-9(11(18)19)7-8(10(16)17)5-4-6-15/h8-9,15H,4-7H2,1-3H3,(H,14,20)(H,16,17)(H,18,19)/t8?,9-/m0/s1. The maximum atomic E-state index is 11.6. The predicted molar refractivity (Wildman–Crippen MR) is 72.9 cm³/mol. The van der Waals surface area contributed by atoms with Crippen LogP contribution in [0.4, 0.5) is 4.79 Å². The van der Waals surface area contributed by atoms with Gasteiger partial charge in [-0.25, -0.2) is 9.59 Å². The first-order valence-electron chi connectivity index (χ1n) is 6.62. The lowest BCUT2D eigenvalue weighted by molar-refractivity contribution is -0.144. The number of aliphatic hydroxyl groups is 1. The van der Waals surface area contributed by atoms with Crippen LogP contribution in [0.3, 0.4) is 0 Å². The fraction of sp³-hybridized carbons (Fsp3) is 0.769. The summed E-state index contributed by atoms with van der Waals surface area (Å²) in [6.45, 7) is 4.71. The van der Waals surface area contributed by atoms with E-state index in [0.29, 0.717) is 0 Å². The van der Waals surface area contributed by atoms with Crippen molar-refractivity contribution in [2.45, 2.75) is 51.7 Å². The summed E-state index contributed by atoms with van der Waals surface area (Å²) in [5.41, 5.74) is -0.782. The van der Waals surface area contributed by atoms with Gasteiger partial charge in [0.05, 0.1) is 5.92 Å². The molecule has 1 unspecified atom stereocenters. The third-order valence-corrected chi connectivity index (χ3v) is 2.57. The van der Waals surface area contributed by atoms with Gasteiger partial charge in [0.15, 0.2) is 0 Å². The number of rotatable bonds is 8. The van der Waals surface area contributed by atoms with Gasteiger partial charge in [0, 0.05) is 6.61 Å². The van der Waals surface area contributed by atoms with Crippen LogP contribution in [-0.4, -0.2) is 51.6 Å². The molecule has 0 aliphatic heterocycles. The van der Waals surface area contributed by atoms with Crippen LogP contribution in [-0.2, 0) is 14.3 Å². The molecule has 8 nitrogen and oxygen atoms in total. The van der Waals surface area contributed by atoms with Gasteiger partial charge in [0.2, 0.25) is 0 Å². The Kier molecular flexibility index (Phi) is 7.72. The molecule has 0 aromatic heterocycles. The van der Waals surface area contributed by atoms with E-state index in [0.717, 1.165) is 0 Å². The number of aliphatic hydroxyl groups excluding tert-OH is 1. The van der Waals surface area contributed by atoms with E-state index in [1.165, 1.54) is 0 Å². The molecule has 0 heterocycles. The maximum Gasteiger partial charge on any atom is 0.408 e. The monoisotopic (exact) mass is 305 g/mol. The molecule has 0 aliphatic carbocycles. The number of carboxylic acid groups (broad SMARTS) is 2. The Morgan fingerprint density at radius 3 is 2.10 bits per heavy atom. The van der Waals surface area contributed by atoms with Gasteiger partial charge < -0.3 is 25.4 Å². The fourth-order valence-electron chi connectivity index (χ4n) is 1.64. The first-order chi connectivity index (χ1) is 9.56. The SMILES string of the molecule is CC(C)(C)OC(=O)N[C@@H](CC(CCCO)C(=O)O)C(=O)O. The third kappa shape index (κ3) is 8.85. The van der Waals surface area contributed by atoms with Crippen LogP contribution in [0.5, 0.6) is 0 Å². The summed E-state index contributed by atoms with van der Waals surface area (Å²) < 4.78 is 4.94. The van der Waals surface area contributed by atoms with Crippen LogP contribution in [0.1, 0.15) is 40.0 Å². The van der Waals surface area contributed by atoms with Gasteiger partial charge in [-0.3, -0.25) is 4.79 Å². The highest BCUT2D eigenvalue weighted by Gasteiger charge is 2.29. The average Bonchev–Trinajstić information content (AvgIpc) is 2.29. The maximum absolute atomic E-state index is 11.6. The summed E-state index contributed by atoms with van der Waals surface area (Å²) in [4.78, 5) is 33.7. The van der Waals surface area contributed by atoms with Crippen molar-refractivity contribution in [1.82, 2.24) is 5.32 Å². The van der Waals surface area contributed by atoms with Crippen molar-refractivity contribution >= 4 is 18.0 Å². The minimum Gasteiger partial charge on any atom is -0.481 e. The molecular formula is C13H23NO7. The Bertz CT molecular complexity index is 375. The number of amides is 1. The van der Waals surface area contributed by atoms with Gasteiger partial charge in [0.25, 0.3) is 0 Å². The molecular weight excluding hydrogens is 282 g/mol. The second-order valence-electron chi connectivity index (χ2n) is 5.67. The van der Waals surface area contributed by atoms with Crippen LogP contribution in [0.2, 0.25) is 0 Å². The zero-order chi connectivity index (χ0) is 16.6. The van der Waals surface area contributed by atoms with Gasteiger partial charge in [0.1, 0.15) is 11.6 Å². The summed E-state index contributed by atoms with van der Waals surface area (Å²) in [5.74, 6) is -3.47. The van der Waals surface area contributed by atoms with Crippen molar-refractivity contribution in [2.24, 2.45) is 5.92 Å². The molecule has 0 saturated carbocycles. The molecule has 0 bridgehead atoms. The molecule has 0 spiro atoms. The zero-order valence-electron chi connectivity index (χ0n) is 12.5. The lowest BCUT2D eigenvalue weighted by Crippen LogP contribution is -2.45. The number of nitrogens with one attached hydrogen (secondary N) is 1. The van der Waals surface area contributed by atoms with Crippen molar-refractivity contribution < 1.29 is 34.4 Å². The normalized spacial score (nSPS) is 14.1. The highest BCUT2D eigenvalue weighted by Crippen LogP contribution is 2.15. The average molecular weight is 305 g/mol. The van der Waals surface area contributed by atoms with Crippen molar-refractivity contribution in [3.05, 3.63) is 0 Å². The van der Waals surface area contributed by atoms with Gasteiger partial charge in [-0.05, 0) is 40.0 Å². The fourth-order valence-corrected chi connectivity index (χ4v) is 1.64. The first kappa shape index (κ1) is 19.2. The Balaban J connectivity index is 4.70. The number of carboxylic acids is 2. The minimum atomic E-state index is -1.36. The van der Waals surface area contributed by atoms with Gasteiger partial charge in [-0.2, -0.15) is 0 Å².